The normalized spacial score (nSPS) is 9.72. The highest BCUT2D eigenvalue weighted by Gasteiger charge is 2.06. The molecule has 0 fully saturated rings. The van der Waals surface area contributed by atoms with Crippen LogP contribution in [0.25, 0.3) is 0 Å². The number of urea groups is 1. The van der Waals surface area contributed by atoms with Gasteiger partial charge in [0.05, 0.1) is 20.8 Å². The van der Waals surface area contributed by atoms with Gasteiger partial charge in [0.15, 0.2) is 11.5 Å². The summed E-state index contributed by atoms with van der Waals surface area (Å²) in [5.74, 6) is 1.18. The van der Waals surface area contributed by atoms with E-state index in [4.69, 9.17) is 14.2 Å². The number of rotatable bonds is 6. The van der Waals surface area contributed by atoms with Gasteiger partial charge in [0, 0.05) is 25.4 Å². The summed E-state index contributed by atoms with van der Waals surface area (Å²) < 4.78 is 15.1. The summed E-state index contributed by atoms with van der Waals surface area (Å²) in [7, 11) is 4.68. The van der Waals surface area contributed by atoms with Crippen LogP contribution in [0.15, 0.2) is 18.2 Å². The van der Waals surface area contributed by atoms with E-state index in [1.807, 2.05) is 0 Å². The van der Waals surface area contributed by atoms with Gasteiger partial charge in [-0.05, 0) is 12.1 Å². The SMILES string of the molecule is COCCNC(=O)Nc1ccc(OC)c(OC)c1. The first-order valence-corrected chi connectivity index (χ1v) is 5.47. The summed E-state index contributed by atoms with van der Waals surface area (Å²) in [6.07, 6.45) is 0. The largest absolute Gasteiger partial charge is 0.493 e. The molecule has 1 aromatic carbocycles. The highest BCUT2D eigenvalue weighted by atomic mass is 16.5. The van der Waals surface area contributed by atoms with Crippen LogP contribution < -0.4 is 20.1 Å². The molecule has 0 aliphatic rings. The van der Waals surface area contributed by atoms with Crippen molar-refractivity contribution in [3.05, 3.63) is 18.2 Å². The maximum atomic E-state index is 11.5. The minimum absolute atomic E-state index is 0.292. The first-order chi connectivity index (χ1) is 8.71. The van der Waals surface area contributed by atoms with Crippen LogP contribution in [0.1, 0.15) is 0 Å². The summed E-state index contributed by atoms with van der Waals surface area (Å²) >= 11 is 0. The molecule has 0 heterocycles. The molecule has 2 N–H and O–H groups in total. The molecule has 1 rings (SSSR count). The molecule has 0 saturated carbocycles. The van der Waals surface area contributed by atoms with Crippen molar-refractivity contribution >= 4 is 11.7 Å². The number of methoxy groups -OCH3 is 3. The van der Waals surface area contributed by atoms with Crippen LogP contribution >= 0.6 is 0 Å². The Morgan fingerprint density at radius 1 is 1.17 bits per heavy atom. The molecule has 100 valence electrons. The standard InChI is InChI=1S/C12H18N2O4/c1-16-7-6-13-12(15)14-9-4-5-10(17-2)11(8-9)18-3/h4-5,8H,6-7H2,1-3H3,(H2,13,14,15). The van der Waals surface area contributed by atoms with Crippen LogP contribution in [0.3, 0.4) is 0 Å². The monoisotopic (exact) mass is 254 g/mol. The van der Waals surface area contributed by atoms with Crippen molar-refractivity contribution in [1.29, 1.82) is 0 Å². The van der Waals surface area contributed by atoms with Gasteiger partial charge in [-0.1, -0.05) is 0 Å². The quantitative estimate of drug-likeness (QED) is 0.754. The molecule has 18 heavy (non-hydrogen) atoms. The van der Waals surface area contributed by atoms with Gasteiger partial charge in [0.25, 0.3) is 0 Å². The van der Waals surface area contributed by atoms with Crippen molar-refractivity contribution in [2.75, 3.05) is 39.8 Å². The highest BCUT2D eigenvalue weighted by molar-refractivity contribution is 5.89. The van der Waals surface area contributed by atoms with Crippen LogP contribution in [-0.2, 0) is 4.74 Å². The van der Waals surface area contributed by atoms with Gasteiger partial charge in [-0.3, -0.25) is 0 Å². The van der Waals surface area contributed by atoms with Gasteiger partial charge in [0.2, 0.25) is 0 Å². The zero-order chi connectivity index (χ0) is 13.4. The Morgan fingerprint density at radius 3 is 2.50 bits per heavy atom. The Labute approximate surface area is 106 Å². The van der Waals surface area contributed by atoms with Gasteiger partial charge < -0.3 is 24.8 Å². The van der Waals surface area contributed by atoms with Gasteiger partial charge >= 0.3 is 6.03 Å². The van der Waals surface area contributed by atoms with Crippen molar-refractivity contribution in [2.45, 2.75) is 0 Å². The summed E-state index contributed by atoms with van der Waals surface area (Å²) in [5, 5.41) is 5.34. The summed E-state index contributed by atoms with van der Waals surface area (Å²) in [6, 6.07) is 4.86. The third kappa shape index (κ3) is 4.14. The summed E-state index contributed by atoms with van der Waals surface area (Å²) in [4.78, 5) is 11.5. The summed E-state index contributed by atoms with van der Waals surface area (Å²) in [5.41, 5.74) is 0.627. The Kier molecular flexibility index (Phi) is 5.79. The van der Waals surface area contributed by atoms with E-state index in [0.717, 1.165) is 0 Å². The smallest absolute Gasteiger partial charge is 0.319 e. The molecule has 0 aliphatic heterocycles. The van der Waals surface area contributed by atoms with E-state index >= 15 is 0 Å². The molecule has 0 atom stereocenters. The molecule has 0 spiro atoms. The van der Waals surface area contributed by atoms with Crippen LogP contribution in [0, 0.1) is 0 Å². The van der Waals surface area contributed by atoms with E-state index in [0.29, 0.717) is 30.3 Å². The molecule has 0 radical (unpaired) electrons. The average molecular weight is 254 g/mol. The Bertz CT molecular complexity index is 396. The maximum Gasteiger partial charge on any atom is 0.319 e. The lowest BCUT2D eigenvalue weighted by Crippen LogP contribution is -2.31. The first kappa shape index (κ1) is 14.1. The second-order valence-electron chi connectivity index (χ2n) is 3.44. The van der Waals surface area contributed by atoms with Crippen molar-refractivity contribution in [3.63, 3.8) is 0 Å². The number of ether oxygens (including phenoxy) is 3. The van der Waals surface area contributed by atoms with Crippen LogP contribution in [0.5, 0.6) is 11.5 Å². The first-order valence-electron chi connectivity index (χ1n) is 5.47. The van der Waals surface area contributed by atoms with Crippen molar-refractivity contribution in [3.8, 4) is 11.5 Å². The van der Waals surface area contributed by atoms with Crippen LogP contribution in [0.2, 0.25) is 0 Å². The van der Waals surface area contributed by atoms with Gasteiger partial charge in [-0.15, -0.1) is 0 Å². The van der Waals surface area contributed by atoms with Crippen molar-refractivity contribution in [2.24, 2.45) is 0 Å². The fourth-order valence-electron chi connectivity index (χ4n) is 1.36. The fraction of sp³-hybridized carbons (Fsp3) is 0.417. The molecule has 6 nitrogen and oxygen atoms in total. The predicted molar refractivity (Wildman–Crippen MR) is 68.4 cm³/mol. The van der Waals surface area contributed by atoms with Crippen LogP contribution in [0.4, 0.5) is 10.5 Å². The second kappa shape index (κ2) is 7.39. The van der Waals surface area contributed by atoms with E-state index < -0.39 is 0 Å². The number of benzene rings is 1. The Balaban J connectivity index is 2.59. The van der Waals surface area contributed by atoms with Gasteiger partial charge in [0.1, 0.15) is 0 Å². The van der Waals surface area contributed by atoms with E-state index in [9.17, 15) is 4.79 Å². The van der Waals surface area contributed by atoms with Crippen molar-refractivity contribution in [1.82, 2.24) is 5.32 Å². The van der Waals surface area contributed by atoms with E-state index in [-0.39, 0.29) is 6.03 Å². The molecular formula is C12H18N2O4. The topological polar surface area (TPSA) is 68.8 Å². The van der Waals surface area contributed by atoms with Crippen molar-refractivity contribution < 1.29 is 19.0 Å². The zero-order valence-corrected chi connectivity index (χ0v) is 10.8. The van der Waals surface area contributed by atoms with Crippen LogP contribution in [-0.4, -0.2) is 40.5 Å². The molecule has 1 aromatic rings. The number of carbonyl (C=O) groups is 1. The van der Waals surface area contributed by atoms with Gasteiger partial charge in [-0.2, -0.15) is 0 Å². The Morgan fingerprint density at radius 2 is 1.89 bits per heavy atom. The molecule has 0 unspecified atom stereocenters. The lowest BCUT2D eigenvalue weighted by Gasteiger charge is -2.11. The van der Waals surface area contributed by atoms with E-state index in [1.54, 1.807) is 39.5 Å². The number of amides is 2. The minimum atomic E-state index is -0.292. The lowest BCUT2D eigenvalue weighted by molar-refractivity contribution is 0.198. The number of anilines is 1. The average Bonchev–Trinajstić information content (AvgIpc) is 2.39. The third-order valence-corrected chi connectivity index (χ3v) is 2.23. The van der Waals surface area contributed by atoms with E-state index in [1.165, 1.54) is 0 Å². The zero-order valence-electron chi connectivity index (χ0n) is 10.8. The Hall–Kier alpha value is -1.95. The highest BCUT2D eigenvalue weighted by Crippen LogP contribution is 2.29. The third-order valence-electron chi connectivity index (χ3n) is 2.23. The van der Waals surface area contributed by atoms with Gasteiger partial charge in [-0.25, -0.2) is 4.79 Å². The number of nitrogens with one attached hydrogen (secondary N) is 2. The molecule has 0 aromatic heterocycles. The fourth-order valence-corrected chi connectivity index (χ4v) is 1.36. The minimum Gasteiger partial charge on any atom is -0.493 e. The second-order valence-corrected chi connectivity index (χ2v) is 3.44. The predicted octanol–water partition coefficient (Wildman–Crippen LogP) is 1.47. The number of hydrogen-bond acceptors (Lipinski definition) is 4. The molecular weight excluding hydrogens is 236 g/mol. The summed E-state index contributed by atoms with van der Waals surface area (Å²) in [6.45, 7) is 0.926. The maximum absolute atomic E-state index is 11.5. The molecule has 6 heteroatoms. The molecule has 0 bridgehead atoms. The van der Waals surface area contributed by atoms with E-state index in [2.05, 4.69) is 10.6 Å². The number of carbonyl (C=O) groups excluding carboxylic acids is 1. The lowest BCUT2D eigenvalue weighted by atomic mass is 10.3. The molecule has 0 saturated heterocycles. The number of hydrogen-bond donors (Lipinski definition) is 2. The molecule has 0 aliphatic carbocycles. The molecule has 2 amide bonds.